The van der Waals surface area contributed by atoms with E-state index in [0.29, 0.717) is 0 Å². The minimum atomic E-state index is 0.740. The fraction of sp³-hybridized carbons (Fsp3) is 0.500. The molecule has 76 valence electrons. The van der Waals surface area contributed by atoms with Gasteiger partial charge in [0.15, 0.2) is 0 Å². The second-order valence-electron chi connectivity index (χ2n) is 4.02. The van der Waals surface area contributed by atoms with E-state index in [0.717, 1.165) is 18.3 Å². The number of para-hydroxylation sites is 1. The van der Waals surface area contributed by atoms with Gasteiger partial charge in [0.25, 0.3) is 0 Å². The summed E-state index contributed by atoms with van der Waals surface area (Å²) in [6.45, 7) is 5.32. The first-order valence-electron chi connectivity index (χ1n) is 5.35. The largest absolute Gasteiger partial charge is 0.397 e. The number of hydrogen-bond donors (Lipinski definition) is 1. The lowest BCUT2D eigenvalue weighted by Gasteiger charge is -2.25. The lowest BCUT2D eigenvalue weighted by atomic mass is 10.1. The van der Waals surface area contributed by atoms with E-state index in [-0.39, 0.29) is 0 Å². The molecular formula is C12H18N2. The van der Waals surface area contributed by atoms with Gasteiger partial charge in [0.05, 0.1) is 11.4 Å². The highest BCUT2D eigenvalue weighted by Gasteiger charge is 2.29. The third kappa shape index (κ3) is 1.57. The van der Waals surface area contributed by atoms with Crippen LogP contribution in [0.4, 0.5) is 11.4 Å². The van der Waals surface area contributed by atoms with Crippen molar-refractivity contribution in [2.75, 3.05) is 17.2 Å². The van der Waals surface area contributed by atoms with Gasteiger partial charge in [-0.25, -0.2) is 0 Å². The van der Waals surface area contributed by atoms with Crippen molar-refractivity contribution in [3.63, 3.8) is 0 Å². The van der Waals surface area contributed by atoms with Crippen LogP contribution in [0.1, 0.15) is 25.3 Å². The summed E-state index contributed by atoms with van der Waals surface area (Å²) in [5.41, 5.74) is 9.43. The first-order valence-corrected chi connectivity index (χ1v) is 5.35. The summed E-state index contributed by atoms with van der Waals surface area (Å²) in [7, 11) is 0. The second kappa shape index (κ2) is 3.52. The summed E-state index contributed by atoms with van der Waals surface area (Å²) in [6, 6.07) is 7.03. The van der Waals surface area contributed by atoms with E-state index < -0.39 is 0 Å². The third-order valence-electron chi connectivity index (χ3n) is 2.94. The highest BCUT2D eigenvalue weighted by atomic mass is 15.2. The zero-order valence-corrected chi connectivity index (χ0v) is 8.96. The van der Waals surface area contributed by atoms with E-state index >= 15 is 0 Å². The van der Waals surface area contributed by atoms with E-state index in [4.69, 9.17) is 5.73 Å². The molecule has 14 heavy (non-hydrogen) atoms. The number of hydrogen-bond acceptors (Lipinski definition) is 2. The number of aryl methyl sites for hydroxylation is 1. The normalized spacial score (nSPS) is 15.6. The molecule has 0 aromatic heterocycles. The van der Waals surface area contributed by atoms with Crippen LogP contribution in [-0.4, -0.2) is 12.6 Å². The fourth-order valence-electron chi connectivity index (χ4n) is 1.93. The lowest BCUT2D eigenvalue weighted by Crippen LogP contribution is -2.26. The van der Waals surface area contributed by atoms with Crippen LogP contribution in [0.15, 0.2) is 18.2 Å². The standard InChI is InChI=1S/C12H18N2/c1-3-14(10-7-8-10)11-6-4-5-9(2)12(11)13/h4-6,10H,3,7-8,13H2,1-2H3. The maximum atomic E-state index is 6.08. The average Bonchev–Trinajstić information content (AvgIpc) is 2.97. The van der Waals surface area contributed by atoms with Crippen molar-refractivity contribution in [3.05, 3.63) is 23.8 Å². The zero-order chi connectivity index (χ0) is 10.1. The topological polar surface area (TPSA) is 29.3 Å². The number of benzene rings is 1. The van der Waals surface area contributed by atoms with Gasteiger partial charge < -0.3 is 10.6 Å². The Labute approximate surface area is 85.7 Å². The number of nitrogens with zero attached hydrogens (tertiary/aromatic N) is 1. The van der Waals surface area contributed by atoms with Crippen LogP contribution in [0.2, 0.25) is 0 Å². The third-order valence-corrected chi connectivity index (χ3v) is 2.94. The van der Waals surface area contributed by atoms with Gasteiger partial charge in [-0.2, -0.15) is 0 Å². The molecule has 0 aliphatic heterocycles. The van der Waals surface area contributed by atoms with Gasteiger partial charge in [-0.3, -0.25) is 0 Å². The summed E-state index contributed by atoms with van der Waals surface area (Å²) in [6.07, 6.45) is 2.64. The summed E-state index contributed by atoms with van der Waals surface area (Å²) in [5.74, 6) is 0. The van der Waals surface area contributed by atoms with Crippen molar-refractivity contribution in [3.8, 4) is 0 Å². The van der Waals surface area contributed by atoms with Gasteiger partial charge >= 0.3 is 0 Å². The maximum Gasteiger partial charge on any atom is 0.0605 e. The van der Waals surface area contributed by atoms with Crippen LogP contribution >= 0.6 is 0 Å². The summed E-state index contributed by atoms with van der Waals surface area (Å²) in [5, 5.41) is 0. The quantitative estimate of drug-likeness (QED) is 0.742. The molecule has 2 N–H and O–H groups in total. The van der Waals surface area contributed by atoms with Crippen molar-refractivity contribution >= 4 is 11.4 Å². The number of rotatable bonds is 3. The van der Waals surface area contributed by atoms with E-state index in [1.54, 1.807) is 0 Å². The highest BCUT2D eigenvalue weighted by molar-refractivity contribution is 5.71. The van der Waals surface area contributed by atoms with Crippen LogP contribution in [0.3, 0.4) is 0 Å². The Kier molecular flexibility index (Phi) is 2.36. The van der Waals surface area contributed by atoms with Crippen LogP contribution < -0.4 is 10.6 Å². The maximum absolute atomic E-state index is 6.08. The molecule has 2 rings (SSSR count). The van der Waals surface area contributed by atoms with Gasteiger partial charge in [0.2, 0.25) is 0 Å². The molecule has 0 atom stereocenters. The Morgan fingerprint density at radius 3 is 2.71 bits per heavy atom. The van der Waals surface area contributed by atoms with Crippen molar-refractivity contribution in [1.29, 1.82) is 0 Å². The first-order chi connectivity index (χ1) is 6.74. The summed E-state index contributed by atoms with van der Waals surface area (Å²) >= 11 is 0. The molecule has 1 aliphatic carbocycles. The van der Waals surface area contributed by atoms with E-state index in [1.165, 1.54) is 24.1 Å². The molecule has 0 saturated heterocycles. The molecule has 1 saturated carbocycles. The van der Waals surface area contributed by atoms with Crippen molar-refractivity contribution in [2.24, 2.45) is 0 Å². The first kappa shape index (κ1) is 9.38. The molecule has 1 aliphatic rings. The lowest BCUT2D eigenvalue weighted by molar-refractivity contribution is 0.827. The number of nitrogens with two attached hydrogens (primary N) is 1. The predicted molar refractivity (Wildman–Crippen MR) is 61.6 cm³/mol. The number of anilines is 2. The summed E-state index contributed by atoms with van der Waals surface area (Å²) in [4.78, 5) is 2.42. The van der Waals surface area contributed by atoms with Crippen molar-refractivity contribution in [1.82, 2.24) is 0 Å². The molecule has 0 radical (unpaired) electrons. The predicted octanol–water partition coefficient (Wildman–Crippen LogP) is 2.57. The molecule has 0 unspecified atom stereocenters. The Balaban J connectivity index is 2.33. The average molecular weight is 190 g/mol. The molecule has 1 aromatic rings. The Bertz CT molecular complexity index is 329. The van der Waals surface area contributed by atoms with Crippen molar-refractivity contribution in [2.45, 2.75) is 32.7 Å². The Hall–Kier alpha value is -1.18. The van der Waals surface area contributed by atoms with E-state index in [9.17, 15) is 0 Å². The van der Waals surface area contributed by atoms with Crippen LogP contribution in [0.25, 0.3) is 0 Å². The van der Waals surface area contributed by atoms with E-state index in [1.807, 2.05) is 0 Å². The molecule has 1 aromatic carbocycles. The van der Waals surface area contributed by atoms with Gasteiger partial charge in [-0.05, 0) is 38.3 Å². The monoisotopic (exact) mass is 190 g/mol. The van der Waals surface area contributed by atoms with Gasteiger partial charge in [0.1, 0.15) is 0 Å². The SMILES string of the molecule is CCN(c1cccc(C)c1N)C1CC1. The smallest absolute Gasteiger partial charge is 0.0605 e. The second-order valence-corrected chi connectivity index (χ2v) is 4.02. The van der Waals surface area contributed by atoms with Crippen LogP contribution in [-0.2, 0) is 0 Å². The van der Waals surface area contributed by atoms with Crippen LogP contribution in [0, 0.1) is 6.92 Å². The van der Waals surface area contributed by atoms with E-state index in [2.05, 4.69) is 36.9 Å². The molecule has 0 spiro atoms. The van der Waals surface area contributed by atoms with Gasteiger partial charge in [-0.1, -0.05) is 12.1 Å². The molecule has 0 heterocycles. The minimum absolute atomic E-state index is 0.740. The molecule has 0 bridgehead atoms. The van der Waals surface area contributed by atoms with Gasteiger partial charge in [-0.15, -0.1) is 0 Å². The Morgan fingerprint density at radius 1 is 1.43 bits per heavy atom. The minimum Gasteiger partial charge on any atom is -0.397 e. The molecule has 2 nitrogen and oxygen atoms in total. The van der Waals surface area contributed by atoms with Crippen LogP contribution in [0.5, 0.6) is 0 Å². The molecule has 0 amide bonds. The number of nitrogen functional groups attached to an aromatic ring is 1. The summed E-state index contributed by atoms with van der Waals surface area (Å²) < 4.78 is 0. The molecule has 2 heteroatoms. The zero-order valence-electron chi connectivity index (χ0n) is 8.96. The molecular weight excluding hydrogens is 172 g/mol. The fourth-order valence-corrected chi connectivity index (χ4v) is 1.93. The van der Waals surface area contributed by atoms with Gasteiger partial charge in [0, 0.05) is 12.6 Å². The van der Waals surface area contributed by atoms with Crippen molar-refractivity contribution < 1.29 is 0 Å². The molecule has 1 fully saturated rings. The Morgan fingerprint density at radius 2 is 2.14 bits per heavy atom. The highest BCUT2D eigenvalue weighted by Crippen LogP contribution is 2.35.